The molecule has 0 aliphatic carbocycles. The van der Waals surface area contributed by atoms with E-state index in [0.717, 1.165) is 10.0 Å². The Kier molecular flexibility index (Phi) is 4.27. The van der Waals surface area contributed by atoms with E-state index in [1.54, 1.807) is 18.2 Å². The second kappa shape index (κ2) is 5.74. The summed E-state index contributed by atoms with van der Waals surface area (Å²) in [7, 11) is 0. The zero-order chi connectivity index (χ0) is 13.1. The van der Waals surface area contributed by atoms with Crippen LogP contribution >= 0.6 is 39.1 Å². The molecular weight excluding hydrogens is 337 g/mol. The van der Waals surface area contributed by atoms with E-state index in [-0.39, 0.29) is 0 Å². The van der Waals surface area contributed by atoms with Crippen LogP contribution < -0.4 is 0 Å². The van der Waals surface area contributed by atoms with Gasteiger partial charge < -0.3 is 5.21 Å². The fourth-order valence-corrected chi connectivity index (χ4v) is 2.32. The Labute approximate surface area is 123 Å². The van der Waals surface area contributed by atoms with Gasteiger partial charge in [-0.2, -0.15) is 0 Å². The number of halogens is 3. The molecule has 0 amide bonds. The number of rotatable bonds is 2. The van der Waals surface area contributed by atoms with Crippen molar-refractivity contribution in [1.29, 1.82) is 0 Å². The molecule has 2 aromatic carbocycles. The second-order valence-corrected chi connectivity index (χ2v) is 5.34. The minimum Gasteiger partial charge on any atom is -0.410 e. The molecule has 0 fully saturated rings. The van der Waals surface area contributed by atoms with E-state index < -0.39 is 0 Å². The molecule has 92 valence electrons. The molecule has 0 spiro atoms. The van der Waals surface area contributed by atoms with E-state index in [1.807, 2.05) is 24.3 Å². The van der Waals surface area contributed by atoms with E-state index in [9.17, 15) is 5.21 Å². The second-order valence-electron chi connectivity index (χ2n) is 3.58. The lowest BCUT2D eigenvalue weighted by Crippen LogP contribution is -2.04. The summed E-state index contributed by atoms with van der Waals surface area (Å²) in [5.41, 5.74) is 1.81. The molecule has 0 bridgehead atoms. The van der Waals surface area contributed by atoms with E-state index in [2.05, 4.69) is 21.1 Å². The summed E-state index contributed by atoms with van der Waals surface area (Å²) >= 11 is 15.3. The third-order valence-corrected chi connectivity index (χ3v) is 3.48. The minimum atomic E-state index is 0.407. The molecule has 2 aromatic rings. The molecule has 5 heteroatoms. The zero-order valence-corrected chi connectivity index (χ0v) is 12.2. The van der Waals surface area contributed by atoms with Gasteiger partial charge in [-0.05, 0) is 30.3 Å². The Bertz CT molecular complexity index is 596. The van der Waals surface area contributed by atoms with Gasteiger partial charge in [-0.1, -0.05) is 56.4 Å². The van der Waals surface area contributed by atoms with Crippen molar-refractivity contribution >= 4 is 44.8 Å². The maximum Gasteiger partial charge on any atom is 0.118 e. The molecule has 0 unspecified atom stereocenters. The summed E-state index contributed by atoms with van der Waals surface area (Å²) in [6.45, 7) is 0. The molecule has 0 saturated heterocycles. The van der Waals surface area contributed by atoms with Crippen LogP contribution in [0.4, 0.5) is 0 Å². The van der Waals surface area contributed by atoms with Crippen LogP contribution in [-0.2, 0) is 0 Å². The van der Waals surface area contributed by atoms with Crippen LogP contribution in [0.1, 0.15) is 11.1 Å². The molecular formula is C13H8BrCl2NO. The van der Waals surface area contributed by atoms with Crippen molar-refractivity contribution in [3.63, 3.8) is 0 Å². The first kappa shape index (κ1) is 13.4. The lowest BCUT2D eigenvalue weighted by atomic mass is 10.0. The molecule has 0 atom stereocenters. The van der Waals surface area contributed by atoms with Gasteiger partial charge in [0.25, 0.3) is 0 Å². The molecule has 0 aliphatic rings. The molecule has 2 nitrogen and oxygen atoms in total. The van der Waals surface area contributed by atoms with Gasteiger partial charge in [-0.3, -0.25) is 0 Å². The topological polar surface area (TPSA) is 32.6 Å². The number of benzene rings is 2. The molecule has 18 heavy (non-hydrogen) atoms. The average Bonchev–Trinajstić information content (AvgIpc) is 2.35. The summed E-state index contributed by atoms with van der Waals surface area (Å²) in [5, 5.41) is 13.5. The first-order valence-electron chi connectivity index (χ1n) is 5.05. The van der Waals surface area contributed by atoms with Crippen LogP contribution in [0.2, 0.25) is 10.0 Å². The third kappa shape index (κ3) is 2.86. The minimum absolute atomic E-state index is 0.407. The molecule has 0 radical (unpaired) electrons. The highest BCUT2D eigenvalue weighted by Gasteiger charge is 2.11. The van der Waals surface area contributed by atoms with Gasteiger partial charge >= 0.3 is 0 Å². The van der Waals surface area contributed by atoms with Crippen molar-refractivity contribution in [2.45, 2.75) is 0 Å². The fourth-order valence-electron chi connectivity index (χ4n) is 1.56. The highest BCUT2D eigenvalue weighted by molar-refractivity contribution is 9.10. The largest absolute Gasteiger partial charge is 0.410 e. The number of oxime groups is 1. The third-order valence-electron chi connectivity index (χ3n) is 2.40. The van der Waals surface area contributed by atoms with Crippen LogP contribution in [0.3, 0.4) is 0 Å². The van der Waals surface area contributed by atoms with Gasteiger partial charge in [0, 0.05) is 20.6 Å². The van der Waals surface area contributed by atoms with Gasteiger partial charge in [0.05, 0.1) is 5.02 Å². The van der Waals surface area contributed by atoms with Crippen LogP contribution in [0, 0.1) is 0 Å². The van der Waals surface area contributed by atoms with E-state index in [1.165, 1.54) is 0 Å². The predicted molar refractivity (Wildman–Crippen MR) is 78.0 cm³/mol. The molecule has 1 N–H and O–H groups in total. The van der Waals surface area contributed by atoms with E-state index >= 15 is 0 Å². The summed E-state index contributed by atoms with van der Waals surface area (Å²) in [5.74, 6) is 0. The Balaban J connectivity index is 2.49. The van der Waals surface area contributed by atoms with Crippen molar-refractivity contribution < 1.29 is 5.21 Å². The van der Waals surface area contributed by atoms with Crippen LogP contribution in [0.15, 0.2) is 52.1 Å². The molecule has 0 saturated carbocycles. The standard InChI is InChI=1S/C13H8BrCl2NO/c14-9-3-1-8(2-4-9)13(17-18)11-6-5-10(15)7-12(11)16/h1-7,18H. The Morgan fingerprint density at radius 2 is 1.72 bits per heavy atom. The lowest BCUT2D eigenvalue weighted by molar-refractivity contribution is 0.319. The number of hydrogen-bond donors (Lipinski definition) is 1. The van der Waals surface area contributed by atoms with E-state index in [4.69, 9.17) is 23.2 Å². The Morgan fingerprint density at radius 3 is 2.28 bits per heavy atom. The van der Waals surface area contributed by atoms with Gasteiger partial charge in [0.2, 0.25) is 0 Å². The van der Waals surface area contributed by atoms with Crippen molar-refractivity contribution in [2.75, 3.05) is 0 Å². The zero-order valence-electron chi connectivity index (χ0n) is 9.07. The number of hydrogen-bond acceptors (Lipinski definition) is 2. The van der Waals surface area contributed by atoms with E-state index in [0.29, 0.717) is 21.3 Å². The summed E-state index contributed by atoms with van der Waals surface area (Å²) in [6.07, 6.45) is 0. The fraction of sp³-hybridized carbons (Fsp3) is 0. The summed E-state index contributed by atoms with van der Waals surface area (Å²) in [6, 6.07) is 12.4. The van der Waals surface area contributed by atoms with Crippen LogP contribution in [-0.4, -0.2) is 10.9 Å². The van der Waals surface area contributed by atoms with Crippen LogP contribution in [0.25, 0.3) is 0 Å². The first-order chi connectivity index (χ1) is 8.61. The maximum atomic E-state index is 9.18. The first-order valence-corrected chi connectivity index (χ1v) is 6.60. The molecule has 0 heterocycles. The summed E-state index contributed by atoms with van der Waals surface area (Å²) in [4.78, 5) is 0. The molecule has 0 aliphatic heterocycles. The summed E-state index contributed by atoms with van der Waals surface area (Å²) < 4.78 is 0.950. The predicted octanol–water partition coefficient (Wildman–Crippen LogP) is 4.98. The van der Waals surface area contributed by atoms with Crippen LogP contribution in [0.5, 0.6) is 0 Å². The Morgan fingerprint density at radius 1 is 1.06 bits per heavy atom. The Hall–Kier alpha value is -1.03. The average molecular weight is 345 g/mol. The van der Waals surface area contributed by atoms with Gasteiger partial charge in [0.15, 0.2) is 0 Å². The van der Waals surface area contributed by atoms with Crippen molar-refractivity contribution in [2.24, 2.45) is 5.16 Å². The van der Waals surface area contributed by atoms with Crippen molar-refractivity contribution in [3.05, 3.63) is 68.1 Å². The molecule has 2 rings (SSSR count). The van der Waals surface area contributed by atoms with Gasteiger partial charge in [-0.15, -0.1) is 0 Å². The highest BCUT2D eigenvalue weighted by Crippen LogP contribution is 2.24. The quantitative estimate of drug-likeness (QED) is 0.465. The lowest BCUT2D eigenvalue weighted by Gasteiger charge is -2.07. The molecule has 0 aromatic heterocycles. The van der Waals surface area contributed by atoms with Gasteiger partial charge in [-0.25, -0.2) is 0 Å². The number of nitrogens with zero attached hydrogens (tertiary/aromatic N) is 1. The monoisotopic (exact) mass is 343 g/mol. The van der Waals surface area contributed by atoms with Crippen molar-refractivity contribution in [1.82, 2.24) is 0 Å². The highest BCUT2D eigenvalue weighted by atomic mass is 79.9. The van der Waals surface area contributed by atoms with Gasteiger partial charge in [0.1, 0.15) is 5.71 Å². The maximum absolute atomic E-state index is 9.18. The smallest absolute Gasteiger partial charge is 0.118 e. The van der Waals surface area contributed by atoms with Crippen molar-refractivity contribution in [3.8, 4) is 0 Å². The SMILES string of the molecule is ON=C(c1ccc(Br)cc1)c1ccc(Cl)cc1Cl. The normalized spacial score (nSPS) is 11.6.